The van der Waals surface area contributed by atoms with Gasteiger partial charge >= 0.3 is 0 Å². The fourth-order valence-electron chi connectivity index (χ4n) is 9.95. The number of amides is 7. The Morgan fingerprint density at radius 3 is 1.65 bits per heavy atom. The highest BCUT2D eigenvalue weighted by Gasteiger charge is 2.50. The van der Waals surface area contributed by atoms with E-state index in [1.54, 1.807) is 0 Å². The van der Waals surface area contributed by atoms with Crippen LogP contribution in [0.5, 0.6) is 5.75 Å². The lowest BCUT2D eigenvalue weighted by Crippen LogP contribution is -2.64. The largest absolute Gasteiger partial charge is 0.508 e. The zero-order valence-electron chi connectivity index (χ0n) is 43.9. The summed E-state index contributed by atoms with van der Waals surface area (Å²) < 4.78 is 0. The first-order valence-corrected chi connectivity index (χ1v) is 26.9. The fourth-order valence-corrected chi connectivity index (χ4v) is 9.95. The van der Waals surface area contributed by atoms with Gasteiger partial charge in [-0.15, -0.1) is 0 Å². The summed E-state index contributed by atoms with van der Waals surface area (Å²) in [5.41, 5.74) is -0.0582. The standard InChI is InChI=1S/C52H85N7O16/c1-5-6-7-8-9-10-11-12-13-14-15-16-17-18-19-20-38(65)53-35-26-37(64)48(71)57-50(73)42-43(66)29(2)27-59(42)52(75)40(31(4)61)55-49(72)41(45(68)44(67)32-21-23-33(62)24-22-32)56-47(70)36-25-34(63)28-58(36)51(74)39(30(3)60)54-46(35)69/h21-24,29-31,34-37,39-45,48,60-64,66-68,71H,5-20,25-28H2,1-4H3,(H,53,65)(H,54,69)(H,55,72)(H,56,70)(H,57,73)/t29-,30+,31+,34+,35-,36-,37+,39-,40-,41-,42-,43-,44-,45-,48+/m0/s1. The lowest BCUT2D eigenvalue weighted by Gasteiger charge is -2.34. The molecule has 0 aliphatic carbocycles. The maximum atomic E-state index is 14.3. The van der Waals surface area contributed by atoms with Crippen LogP contribution in [0.3, 0.4) is 0 Å². The summed E-state index contributed by atoms with van der Waals surface area (Å²) >= 11 is 0. The van der Waals surface area contributed by atoms with Crippen molar-refractivity contribution in [3.8, 4) is 5.75 Å². The van der Waals surface area contributed by atoms with Crippen molar-refractivity contribution in [1.29, 1.82) is 0 Å². The van der Waals surface area contributed by atoms with Crippen LogP contribution in [0, 0.1) is 5.92 Å². The van der Waals surface area contributed by atoms with Gasteiger partial charge in [-0.05, 0) is 38.0 Å². The number of benzene rings is 1. The number of nitrogens with zero attached hydrogens (tertiary/aromatic N) is 2. The van der Waals surface area contributed by atoms with E-state index < -0.39 is 152 Å². The molecule has 7 amide bonds. The molecule has 0 saturated carbocycles. The Kier molecular flexibility index (Phi) is 25.6. The number of nitrogens with one attached hydrogen (secondary N) is 5. The van der Waals surface area contributed by atoms with E-state index in [9.17, 15) is 79.5 Å². The maximum Gasteiger partial charge on any atom is 0.248 e. The van der Waals surface area contributed by atoms with E-state index in [-0.39, 0.29) is 24.3 Å². The summed E-state index contributed by atoms with van der Waals surface area (Å²) in [7, 11) is 0. The second kappa shape index (κ2) is 30.7. The van der Waals surface area contributed by atoms with Crippen LogP contribution < -0.4 is 26.6 Å². The minimum Gasteiger partial charge on any atom is -0.508 e. The SMILES string of the molecule is CCCCCCCCCCCCCCCCCC(=O)N[C@H]1C[C@@H](O)[C@@H](O)NC(=O)[C@@H]2[C@@H](O)[C@@H](C)CN2C(=O)[C@H]([C@@H](C)O)NC(=O)[C@H]([C@H](O)[C@@H](O)c2ccc(O)cc2)NC(=O)[C@@H]2C[C@@H](O)CN2C(=O)[C@H]([C@@H](C)O)NC1=O. The monoisotopic (exact) mass is 1060 g/mol. The van der Waals surface area contributed by atoms with E-state index in [1.165, 1.54) is 89.0 Å². The van der Waals surface area contributed by atoms with Crippen LogP contribution in [0.1, 0.15) is 155 Å². The number of aliphatic hydroxyl groups excluding tert-OH is 8. The summed E-state index contributed by atoms with van der Waals surface area (Å²) in [6.07, 6.45) is 0.182. The van der Waals surface area contributed by atoms with Crippen molar-refractivity contribution < 1.29 is 79.5 Å². The highest BCUT2D eigenvalue weighted by atomic mass is 16.3. The third-order valence-corrected chi connectivity index (χ3v) is 14.5. The summed E-state index contributed by atoms with van der Waals surface area (Å²) in [6, 6.07) is -6.56. The van der Waals surface area contributed by atoms with Gasteiger partial charge in [-0.2, -0.15) is 0 Å². The van der Waals surface area contributed by atoms with Gasteiger partial charge in [0.15, 0.2) is 6.23 Å². The minimum absolute atomic E-state index is 0.0489. The Hall–Kier alpha value is -5.01. The lowest BCUT2D eigenvalue weighted by atomic mass is 9.96. The number of rotatable bonds is 22. The van der Waals surface area contributed by atoms with Crippen LogP contribution in [0.2, 0.25) is 0 Å². The predicted molar refractivity (Wildman–Crippen MR) is 271 cm³/mol. The van der Waals surface area contributed by atoms with Crippen LogP contribution in [0.25, 0.3) is 0 Å². The number of hydrogen-bond donors (Lipinski definition) is 14. The molecule has 75 heavy (non-hydrogen) atoms. The first-order chi connectivity index (χ1) is 35.6. The Balaban J connectivity index is 1.60. The second-order valence-electron chi connectivity index (χ2n) is 20.8. The fraction of sp³-hybridized carbons (Fsp3) is 0.750. The number of aromatic hydroxyl groups is 1. The molecule has 4 rings (SSSR count). The van der Waals surface area contributed by atoms with Crippen LogP contribution in [0.15, 0.2) is 24.3 Å². The van der Waals surface area contributed by atoms with E-state index in [1.807, 2.05) is 0 Å². The molecular formula is C52H85N7O16. The van der Waals surface area contributed by atoms with E-state index >= 15 is 0 Å². The van der Waals surface area contributed by atoms with E-state index in [4.69, 9.17) is 0 Å². The molecule has 0 unspecified atom stereocenters. The molecule has 424 valence electrons. The zero-order valence-corrected chi connectivity index (χ0v) is 43.9. The van der Waals surface area contributed by atoms with Crippen LogP contribution in [0.4, 0.5) is 0 Å². The van der Waals surface area contributed by atoms with Crippen molar-refractivity contribution in [2.45, 2.75) is 228 Å². The molecule has 0 radical (unpaired) electrons. The van der Waals surface area contributed by atoms with Crippen molar-refractivity contribution in [2.24, 2.45) is 5.92 Å². The molecule has 15 atom stereocenters. The number of phenolic OH excluding ortho intramolecular Hbond substituents is 1. The van der Waals surface area contributed by atoms with Crippen molar-refractivity contribution in [1.82, 2.24) is 36.4 Å². The molecule has 3 fully saturated rings. The minimum atomic E-state index is -2.27. The van der Waals surface area contributed by atoms with Crippen molar-refractivity contribution in [3.63, 3.8) is 0 Å². The first kappa shape index (κ1) is 62.5. The average molecular weight is 1060 g/mol. The molecule has 3 aliphatic heterocycles. The highest BCUT2D eigenvalue weighted by Crippen LogP contribution is 2.28. The van der Waals surface area contributed by atoms with Gasteiger partial charge < -0.3 is 82.3 Å². The smallest absolute Gasteiger partial charge is 0.248 e. The van der Waals surface area contributed by atoms with Crippen molar-refractivity contribution in [2.75, 3.05) is 13.1 Å². The molecule has 0 spiro atoms. The number of aliphatic hydroxyl groups is 8. The number of fused-ring (bicyclic) bond motifs is 2. The van der Waals surface area contributed by atoms with Gasteiger partial charge in [-0.25, -0.2) is 0 Å². The molecule has 0 aromatic heterocycles. The van der Waals surface area contributed by atoms with E-state index in [0.717, 1.165) is 49.3 Å². The maximum absolute atomic E-state index is 14.3. The third kappa shape index (κ3) is 18.3. The molecule has 3 heterocycles. The Labute approximate surface area is 439 Å². The zero-order chi connectivity index (χ0) is 55.5. The quantitative estimate of drug-likeness (QED) is 0.0627. The molecule has 1 aromatic carbocycles. The second-order valence-corrected chi connectivity index (χ2v) is 20.8. The van der Waals surface area contributed by atoms with E-state index in [2.05, 4.69) is 33.5 Å². The average Bonchev–Trinajstić information content (AvgIpc) is 3.91. The molecular weight excluding hydrogens is 979 g/mol. The van der Waals surface area contributed by atoms with Gasteiger partial charge in [0.2, 0.25) is 41.4 Å². The lowest BCUT2D eigenvalue weighted by molar-refractivity contribution is -0.148. The van der Waals surface area contributed by atoms with Gasteiger partial charge in [-0.3, -0.25) is 33.6 Å². The highest BCUT2D eigenvalue weighted by molar-refractivity contribution is 5.98. The molecule has 0 bridgehead atoms. The van der Waals surface area contributed by atoms with E-state index in [0.29, 0.717) is 12.8 Å². The van der Waals surface area contributed by atoms with Gasteiger partial charge in [0.05, 0.1) is 24.4 Å². The molecule has 3 aliphatic rings. The van der Waals surface area contributed by atoms with Crippen molar-refractivity contribution in [3.05, 3.63) is 29.8 Å². The van der Waals surface area contributed by atoms with Gasteiger partial charge in [0.25, 0.3) is 0 Å². The topological polar surface area (TPSA) is 368 Å². The number of unbranched alkanes of at least 4 members (excludes halogenated alkanes) is 14. The third-order valence-electron chi connectivity index (χ3n) is 14.5. The molecule has 23 heteroatoms. The van der Waals surface area contributed by atoms with Crippen LogP contribution in [-0.2, 0) is 33.6 Å². The molecule has 23 nitrogen and oxygen atoms in total. The van der Waals surface area contributed by atoms with Crippen LogP contribution >= 0.6 is 0 Å². The summed E-state index contributed by atoms with van der Waals surface area (Å²) in [5.74, 6) is -8.91. The van der Waals surface area contributed by atoms with Gasteiger partial charge in [0, 0.05) is 38.3 Å². The Bertz CT molecular complexity index is 2010. The number of hydrogen-bond acceptors (Lipinski definition) is 16. The normalized spacial score (nSPS) is 29.2. The molecule has 14 N–H and O–H groups in total. The summed E-state index contributed by atoms with van der Waals surface area (Å²) in [6.45, 7) is 5.03. The number of carbonyl (C=O) groups excluding carboxylic acids is 7. The van der Waals surface area contributed by atoms with Gasteiger partial charge in [0.1, 0.15) is 60.3 Å². The number of phenols is 1. The Morgan fingerprint density at radius 1 is 0.627 bits per heavy atom. The van der Waals surface area contributed by atoms with Crippen LogP contribution in [-0.4, -0.2) is 189 Å². The summed E-state index contributed by atoms with van der Waals surface area (Å²) in [4.78, 5) is 100. The molecule has 3 saturated heterocycles. The van der Waals surface area contributed by atoms with Gasteiger partial charge in [-0.1, -0.05) is 116 Å². The molecule has 1 aromatic rings. The predicted octanol–water partition coefficient (Wildman–Crippen LogP) is -0.882. The summed E-state index contributed by atoms with van der Waals surface area (Å²) in [5, 5.41) is 111. The first-order valence-electron chi connectivity index (χ1n) is 26.9. The number of carbonyl (C=O) groups is 7. The van der Waals surface area contributed by atoms with Crippen molar-refractivity contribution >= 4 is 41.4 Å². The Morgan fingerprint density at radius 2 is 1.12 bits per heavy atom.